The Morgan fingerprint density at radius 3 is 2.63 bits per heavy atom. The third-order valence-corrected chi connectivity index (χ3v) is 4.59. The predicted molar refractivity (Wildman–Crippen MR) is 74.7 cm³/mol. The maximum absolute atomic E-state index is 4.44. The Balaban J connectivity index is 1.68. The number of nitrogens with zero attached hydrogens (tertiary/aromatic N) is 4. The first-order chi connectivity index (χ1) is 9.26. The Labute approximate surface area is 115 Å². The van der Waals surface area contributed by atoms with Gasteiger partial charge in [0.15, 0.2) is 5.82 Å². The van der Waals surface area contributed by atoms with Gasteiger partial charge in [0.25, 0.3) is 0 Å². The van der Waals surface area contributed by atoms with Crippen molar-refractivity contribution in [3.8, 4) is 0 Å². The summed E-state index contributed by atoms with van der Waals surface area (Å²) in [4.78, 5) is 7.05. The molecule has 0 aliphatic carbocycles. The van der Waals surface area contributed by atoms with E-state index in [4.69, 9.17) is 0 Å². The fourth-order valence-electron chi connectivity index (χ4n) is 3.81. The zero-order valence-electron chi connectivity index (χ0n) is 12.0. The van der Waals surface area contributed by atoms with Crippen molar-refractivity contribution in [2.24, 2.45) is 7.05 Å². The molecule has 2 bridgehead atoms. The van der Waals surface area contributed by atoms with E-state index in [0.29, 0.717) is 6.04 Å². The first-order valence-electron chi connectivity index (χ1n) is 7.60. The van der Waals surface area contributed by atoms with Crippen LogP contribution in [0, 0.1) is 0 Å². The Hall–Kier alpha value is -0.940. The fourth-order valence-corrected chi connectivity index (χ4v) is 3.81. The summed E-state index contributed by atoms with van der Waals surface area (Å²) in [6, 6.07) is 2.16. The van der Waals surface area contributed by atoms with E-state index in [1.54, 1.807) is 11.0 Å². The lowest BCUT2D eigenvalue weighted by Gasteiger charge is -2.48. The van der Waals surface area contributed by atoms with Gasteiger partial charge in [0.1, 0.15) is 6.33 Å². The van der Waals surface area contributed by atoms with Crippen molar-refractivity contribution in [2.45, 2.75) is 63.7 Å². The summed E-state index contributed by atoms with van der Waals surface area (Å²) in [5.74, 6) is 0.973. The third-order valence-electron chi connectivity index (χ3n) is 4.59. The quantitative estimate of drug-likeness (QED) is 0.889. The lowest BCUT2D eigenvalue weighted by atomic mass is 9.81. The smallest absolute Gasteiger partial charge is 0.164 e. The number of hydrogen-bond donors (Lipinski definition) is 1. The molecular formula is C14H25N5. The van der Waals surface area contributed by atoms with E-state index >= 15 is 0 Å². The minimum absolute atomic E-state index is 0.716. The molecule has 0 aromatic carbocycles. The van der Waals surface area contributed by atoms with Gasteiger partial charge in [0.2, 0.25) is 0 Å². The average molecular weight is 263 g/mol. The van der Waals surface area contributed by atoms with E-state index in [1.807, 2.05) is 7.05 Å². The highest BCUT2D eigenvalue weighted by molar-refractivity contribution is 4.97. The van der Waals surface area contributed by atoms with Crippen molar-refractivity contribution in [1.82, 2.24) is 25.0 Å². The van der Waals surface area contributed by atoms with Gasteiger partial charge in [-0.1, -0.05) is 13.3 Å². The molecule has 0 spiro atoms. The molecule has 2 fully saturated rings. The van der Waals surface area contributed by atoms with Gasteiger partial charge in [-0.15, -0.1) is 0 Å². The highest BCUT2D eigenvalue weighted by atomic mass is 15.3. The summed E-state index contributed by atoms with van der Waals surface area (Å²) < 4.78 is 1.80. The molecule has 2 aliphatic rings. The van der Waals surface area contributed by atoms with Crippen LogP contribution in [0.1, 0.15) is 44.9 Å². The molecule has 19 heavy (non-hydrogen) atoms. The number of nitrogens with one attached hydrogen (secondary N) is 1. The van der Waals surface area contributed by atoms with Gasteiger partial charge in [0, 0.05) is 25.2 Å². The van der Waals surface area contributed by atoms with E-state index in [9.17, 15) is 0 Å². The maximum atomic E-state index is 4.44. The molecule has 2 saturated heterocycles. The monoisotopic (exact) mass is 263 g/mol. The first-order valence-corrected chi connectivity index (χ1v) is 7.60. The van der Waals surface area contributed by atoms with Crippen LogP contribution in [-0.2, 0) is 13.6 Å². The first kappa shape index (κ1) is 13.1. The van der Waals surface area contributed by atoms with Gasteiger partial charge in [-0.25, -0.2) is 4.98 Å². The zero-order chi connectivity index (χ0) is 13.2. The average Bonchev–Trinajstić information content (AvgIpc) is 2.76. The van der Waals surface area contributed by atoms with E-state index in [2.05, 4.69) is 27.2 Å². The molecule has 106 valence electrons. The van der Waals surface area contributed by atoms with Crippen molar-refractivity contribution in [1.29, 1.82) is 0 Å². The molecular weight excluding hydrogens is 238 g/mol. The molecule has 5 nitrogen and oxygen atoms in total. The van der Waals surface area contributed by atoms with Crippen LogP contribution in [0.3, 0.4) is 0 Å². The minimum atomic E-state index is 0.716. The minimum Gasteiger partial charge on any atom is -0.314 e. The number of aryl methyl sites for hydroxylation is 1. The Bertz CT molecular complexity index is 402. The Morgan fingerprint density at radius 2 is 2.05 bits per heavy atom. The number of piperidine rings is 2. The molecule has 1 N–H and O–H groups in total. The van der Waals surface area contributed by atoms with Crippen LogP contribution in [0.4, 0.5) is 0 Å². The van der Waals surface area contributed by atoms with Crippen molar-refractivity contribution in [2.75, 3.05) is 6.54 Å². The molecule has 0 saturated carbocycles. The molecule has 2 atom stereocenters. The molecule has 0 amide bonds. The van der Waals surface area contributed by atoms with Crippen molar-refractivity contribution >= 4 is 0 Å². The normalized spacial score (nSPS) is 31.6. The van der Waals surface area contributed by atoms with Crippen LogP contribution in [0.25, 0.3) is 0 Å². The number of aromatic nitrogens is 3. The number of fused-ring (bicyclic) bond motifs is 2. The highest BCUT2D eigenvalue weighted by Gasteiger charge is 2.38. The van der Waals surface area contributed by atoms with Crippen LogP contribution < -0.4 is 5.32 Å². The molecule has 2 unspecified atom stereocenters. The van der Waals surface area contributed by atoms with Crippen LogP contribution in [0.2, 0.25) is 0 Å². The summed E-state index contributed by atoms with van der Waals surface area (Å²) in [7, 11) is 1.94. The summed E-state index contributed by atoms with van der Waals surface area (Å²) >= 11 is 0. The second-order valence-corrected chi connectivity index (χ2v) is 5.97. The van der Waals surface area contributed by atoms with E-state index in [0.717, 1.165) is 31.0 Å². The molecule has 3 rings (SSSR count). The molecule has 1 aromatic heterocycles. The van der Waals surface area contributed by atoms with Crippen LogP contribution in [0.15, 0.2) is 6.33 Å². The topological polar surface area (TPSA) is 46.0 Å². The molecule has 5 heteroatoms. The van der Waals surface area contributed by atoms with Gasteiger partial charge in [-0.3, -0.25) is 9.58 Å². The van der Waals surface area contributed by atoms with Crippen molar-refractivity contribution in [3.63, 3.8) is 0 Å². The number of rotatable bonds is 4. The lowest BCUT2D eigenvalue weighted by molar-refractivity contribution is 0.0160. The highest BCUT2D eigenvalue weighted by Crippen LogP contribution is 2.34. The zero-order valence-corrected chi connectivity index (χ0v) is 12.0. The maximum Gasteiger partial charge on any atom is 0.164 e. The van der Waals surface area contributed by atoms with Gasteiger partial charge in [-0.2, -0.15) is 5.10 Å². The lowest BCUT2D eigenvalue weighted by Crippen LogP contribution is -2.55. The summed E-state index contributed by atoms with van der Waals surface area (Å²) in [6.07, 6.45) is 8.45. The second kappa shape index (κ2) is 5.59. The second-order valence-electron chi connectivity index (χ2n) is 5.97. The largest absolute Gasteiger partial charge is 0.314 e. The SMILES string of the molecule is CCNC1CC2CCCC(C1)N2Cc1ncn(C)n1. The number of hydrogen-bond acceptors (Lipinski definition) is 4. The van der Waals surface area contributed by atoms with Crippen LogP contribution >= 0.6 is 0 Å². The van der Waals surface area contributed by atoms with Gasteiger partial charge in [-0.05, 0) is 32.2 Å². The summed E-state index contributed by atoms with van der Waals surface area (Å²) in [6.45, 7) is 4.22. The Kier molecular flexibility index (Phi) is 3.84. The van der Waals surface area contributed by atoms with Gasteiger partial charge in [0.05, 0.1) is 6.54 Å². The van der Waals surface area contributed by atoms with Crippen LogP contribution in [0.5, 0.6) is 0 Å². The van der Waals surface area contributed by atoms with Gasteiger partial charge < -0.3 is 5.32 Å². The molecule has 0 radical (unpaired) electrons. The summed E-state index contributed by atoms with van der Waals surface area (Å²) in [5, 5.41) is 8.08. The van der Waals surface area contributed by atoms with E-state index in [-0.39, 0.29) is 0 Å². The van der Waals surface area contributed by atoms with Crippen LogP contribution in [-0.4, -0.2) is 44.3 Å². The fraction of sp³-hybridized carbons (Fsp3) is 0.857. The third kappa shape index (κ3) is 2.82. The summed E-state index contributed by atoms with van der Waals surface area (Å²) in [5.41, 5.74) is 0. The molecule has 2 aliphatic heterocycles. The van der Waals surface area contributed by atoms with E-state index in [1.165, 1.54) is 32.1 Å². The predicted octanol–water partition coefficient (Wildman–Crippen LogP) is 1.31. The van der Waals surface area contributed by atoms with Gasteiger partial charge >= 0.3 is 0 Å². The molecule has 3 heterocycles. The van der Waals surface area contributed by atoms with Crippen molar-refractivity contribution < 1.29 is 0 Å². The van der Waals surface area contributed by atoms with Crippen molar-refractivity contribution in [3.05, 3.63) is 12.2 Å². The Morgan fingerprint density at radius 1 is 1.32 bits per heavy atom. The standard InChI is InChI=1S/C14H25N5/c1-3-15-11-7-12-5-4-6-13(8-11)19(12)9-14-16-10-18(2)17-14/h10-13,15H,3-9H2,1-2H3. The van der Waals surface area contributed by atoms with E-state index < -0.39 is 0 Å². The molecule has 1 aromatic rings.